The Kier molecular flexibility index (Phi) is 4.29. The first-order valence-electron chi connectivity index (χ1n) is 5.60. The van der Waals surface area contributed by atoms with E-state index in [1.165, 1.54) is 17.0 Å². The van der Waals surface area contributed by atoms with E-state index in [9.17, 15) is 0 Å². The van der Waals surface area contributed by atoms with Crippen LogP contribution in [0, 0.1) is 12.3 Å². The molecule has 1 aromatic heterocycles. The van der Waals surface area contributed by atoms with Gasteiger partial charge in [0.1, 0.15) is 0 Å². The lowest BCUT2D eigenvalue weighted by molar-refractivity contribution is 0.276. The molecule has 1 heterocycles. The van der Waals surface area contributed by atoms with Crippen molar-refractivity contribution in [1.82, 2.24) is 10.3 Å². The van der Waals surface area contributed by atoms with Crippen molar-refractivity contribution in [2.45, 2.75) is 47.1 Å². The number of aryl methyl sites for hydroxylation is 1. The van der Waals surface area contributed by atoms with E-state index < -0.39 is 0 Å². The number of thiazole rings is 1. The minimum absolute atomic E-state index is 0.243. The van der Waals surface area contributed by atoms with E-state index in [-0.39, 0.29) is 5.41 Å². The van der Waals surface area contributed by atoms with Gasteiger partial charge in [0.2, 0.25) is 0 Å². The summed E-state index contributed by atoms with van der Waals surface area (Å²) in [4.78, 5) is 5.72. The lowest BCUT2D eigenvalue weighted by Crippen LogP contribution is -2.32. The molecule has 0 radical (unpaired) electrons. The third-order valence-corrected chi connectivity index (χ3v) is 3.51. The third-order valence-electron chi connectivity index (χ3n) is 2.51. The van der Waals surface area contributed by atoms with E-state index in [1.807, 2.05) is 5.51 Å². The van der Waals surface area contributed by atoms with Crippen LogP contribution in [-0.4, -0.2) is 11.5 Å². The second-order valence-electron chi connectivity index (χ2n) is 5.06. The monoisotopic (exact) mass is 226 g/mol. The predicted octanol–water partition coefficient (Wildman–Crippen LogP) is 3.54. The van der Waals surface area contributed by atoms with E-state index in [0.717, 1.165) is 6.54 Å². The quantitative estimate of drug-likeness (QED) is 0.849. The molecule has 1 aromatic rings. The highest BCUT2D eigenvalue weighted by Crippen LogP contribution is 2.36. The number of hydrogen-bond acceptors (Lipinski definition) is 3. The molecule has 0 aliphatic rings. The maximum absolute atomic E-state index is 4.34. The fraction of sp³-hybridized carbons (Fsp3) is 0.750. The summed E-state index contributed by atoms with van der Waals surface area (Å²) in [6, 6.07) is 0.421. The van der Waals surface area contributed by atoms with Crippen molar-refractivity contribution in [1.29, 1.82) is 0 Å². The highest BCUT2D eigenvalue weighted by atomic mass is 32.1. The normalized spacial score (nSPS) is 14.2. The summed E-state index contributed by atoms with van der Waals surface area (Å²) < 4.78 is 0. The molecule has 0 amide bonds. The summed E-state index contributed by atoms with van der Waals surface area (Å²) in [5, 5.41) is 3.62. The van der Waals surface area contributed by atoms with Gasteiger partial charge >= 0.3 is 0 Å². The maximum atomic E-state index is 4.34. The molecule has 0 spiro atoms. The molecule has 2 nitrogen and oxygen atoms in total. The van der Waals surface area contributed by atoms with Crippen molar-refractivity contribution in [3.63, 3.8) is 0 Å². The molecule has 1 atom stereocenters. The molecule has 0 saturated heterocycles. The second-order valence-corrected chi connectivity index (χ2v) is 5.94. The van der Waals surface area contributed by atoms with Crippen LogP contribution in [0.15, 0.2) is 5.51 Å². The first kappa shape index (κ1) is 12.7. The van der Waals surface area contributed by atoms with Gasteiger partial charge in [-0.2, -0.15) is 0 Å². The fourth-order valence-corrected chi connectivity index (χ4v) is 2.79. The molecule has 0 bridgehead atoms. The Morgan fingerprint density at radius 1 is 1.47 bits per heavy atom. The van der Waals surface area contributed by atoms with E-state index in [4.69, 9.17) is 0 Å². The Bertz CT molecular complexity index is 299. The Hall–Kier alpha value is -0.410. The zero-order valence-corrected chi connectivity index (χ0v) is 11.2. The summed E-state index contributed by atoms with van der Waals surface area (Å²) in [7, 11) is 0. The van der Waals surface area contributed by atoms with Crippen LogP contribution in [0.2, 0.25) is 0 Å². The van der Waals surface area contributed by atoms with Crippen LogP contribution in [-0.2, 0) is 0 Å². The van der Waals surface area contributed by atoms with Gasteiger partial charge in [0, 0.05) is 10.9 Å². The zero-order valence-electron chi connectivity index (χ0n) is 10.4. The van der Waals surface area contributed by atoms with Gasteiger partial charge in [-0.25, -0.2) is 4.98 Å². The second kappa shape index (κ2) is 5.08. The lowest BCUT2D eigenvalue weighted by atomic mass is 9.85. The third kappa shape index (κ3) is 3.28. The molecular formula is C12H22N2S. The average molecular weight is 226 g/mol. The van der Waals surface area contributed by atoms with E-state index >= 15 is 0 Å². The van der Waals surface area contributed by atoms with Crippen molar-refractivity contribution in [3.05, 3.63) is 16.1 Å². The summed E-state index contributed by atoms with van der Waals surface area (Å²) in [6.07, 6.45) is 1.17. The summed E-state index contributed by atoms with van der Waals surface area (Å²) in [5.41, 5.74) is 3.35. The SMILES string of the molecule is CCCNC(c1scnc1C)C(C)(C)C. The molecule has 0 aromatic carbocycles. The molecule has 1 N–H and O–H groups in total. The summed E-state index contributed by atoms with van der Waals surface area (Å²) in [6.45, 7) is 12.2. The van der Waals surface area contributed by atoms with Gasteiger partial charge in [-0.3, -0.25) is 0 Å². The molecule has 15 heavy (non-hydrogen) atoms. The molecule has 1 unspecified atom stereocenters. The van der Waals surface area contributed by atoms with Crippen molar-refractivity contribution in [3.8, 4) is 0 Å². The standard InChI is InChI=1S/C12H22N2S/c1-6-7-13-11(12(3,4)5)10-9(2)14-8-15-10/h8,11,13H,6-7H2,1-5H3. The Morgan fingerprint density at radius 2 is 2.13 bits per heavy atom. The van der Waals surface area contributed by atoms with Crippen molar-refractivity contribution in [2.75, 3.05) is 6.54 Å². The van der Waals surface area contributed by atoms with Crippen LogP contribution < -0.4 is 5.32 Å². The van der Waals surface area contributed by atoms with Crippen LogP contribution in [0.25, 0.3) is 0 Å². The van der Waals surface area contributed by atoms with Crippen LogP contribution in [0.1, 0.15) is 50.7 Å². The van der Waals surface area contributed by atoms with E-state index in [1.54, 1.807) is 11.3 Å². The van der Waals surface area contributed by atoms with Gasteiger partial charge in [0.05, 0.1) is 11.2 Å². The number of aromatic nitrogens is 1. The van der Waals surface area contributed by atoms with E-state index in [2.05, 4.69) is 44.9 Å². The molecule has 1 rings (SSSR count). The van der Waals surface area contributed by atoms with Gasteiger partial charge in [0.15, 0.2) is 0 Å². The Morgan fingerprint density at radius 3 is 2.53 bits per heavy atom. The maximum Gasteiger partial charge on any atom is 0.0798 e. The fourth-order valence-electron chi connectivity index (χ4n) is 1.67. The molecule has 86 valence electrons. The average Bonchev–Trinajstić information content (AvgIpc) is 2.51. The molecule has 3 heteroatoms. The molecular weight excluding hydrogens is 204 g/mol. The van der Waals surface area contributed by atoms with Crippen LogP contribution in [0.3, 0.4) is 0 Å². The smallest absolute Gasteiger partial charge is 0.0798 e. The zero-order chi connectivity index (χ0) is 11.5. The summed E-state index contributed by atoms with van der Waals surface area (Å²) >= 11 is 1.76. The first-order chi connectivity index (χ1) is 6.96. The van der Waals surface area contributed by atoms with Crippen molar-refractivity contribution < 1.29 is 0 Å². The van der Waals surface area contributed by atoms with Gasteiger partial charge < -0.3 is 5.32 Å². The molecule has 0 aliphatic carbocycles. The Labute approximate surface area is 97.1 Å². The van der Waals surface area contributed by atoms with Crippen LogP contribution in [0.5, 0.6) is 0 Å². The highest BCUT2D eigenvalue weighted by Gasteiger charge is 2.28. The van der Waals surface area contributed by atoms with Gasteiger partial charge in [-0.1, -0.05) is 27.7 Å². The highest BCUT2D eigenvalue weighted by molar-refractivity contribution is 7.09. The lowest BCUT2D eigenvalue weighted by Gasteiger charge is -2.31. The van der Waals surface area contributed by atoms with E-state index in [0.29, 0.717) is 6.04 Å². The molecule has 0 aliphatic heterocycles. The number of nitrogens with zero attached hydrogens (tertiary/aromatic N) is 1. The predicted molar refractivity (Wildman–Crippen MR) is 67.3 cm³/mol. The minimum Gasteiger partial charge on any atom is -0.309 e. The number of hydrogen-bond donors (Lipinski definition) is 1. The molecule has 0 fully saturated rings. The first-order valence-corrected chi connectivity index (χ1v) is 6.48. The largest absolute Gasteiger partial charge is 0.309 e. The topological polar surface area (TPSA) is 24.9 Å². The molecule has 0 saturated carbocycles. The van der Waals surface area contributed by atoms with Gasteiger partial charge in [-0.05, 0) is 25.3 Å². The van der Waals surface area contributed by atoms with Crippen molar-refractivity contribution >= 4 is 11.3 Å². The van der Waals surface area contributed by atoms with Crippen LogP contribution in [0.4, 0.5) is 0 Å². The van der Waals surface area contributed by atoms with Crippen LogP contribution >= 0.6 is 11.3 Å². The number of rotatable bonds is 4. The van der Waals surface area contributed by atoms with Gasteiger partial charge in [-0.15, -0.1) is 11.3 Å². The van der Waals surface area contributed by atoms with Crippen molar-refractivity contribution in [2.24, 2.45) is 5.41 Å². The van der Waals surface area contributed by atoms with Gasteiger partial charge in [0.25, 0.3) is 0 Å². The Balaban J connectivity index is 2.87. The summed E-state index contributed by atoms with van der Waals surface area (Å²) in [5.74, 6) is 0. The minimum atomic E-state index is 0.243. The number of nitrogens with one attached hydrogen (secondary N) is 1.